The standard InChI is InChI=1S/C20H14Cl2N2O/c21-12-6-8-14(17(22)9-12)18-15-7-5-11-3-1-2-4-13(11)19(15)25-20(24)16(18)10-23/h1-4,6,8-9,18H,5,7,24H2/t18-/m0/s1. The maximum atomic E-state index is 9.66. The lowest BCUT2D eigenvalue weighted by Crippen LogP contribution is -2.23. The van der Waals surface area contributed by atoms with Crippen LogP contribution in [-0.2, 0) is 11.2 Å². The number of nitrogens with zero attached hydrogens (tertiary/aromatic N) is 1. The second-order valence-electron chi connectivity index (χ2n) is 6.10. The number of ether oxygens (including phenoxy) is 1. The van der Waals surface area contributed by atoms with Crippen LogP contribution in [0.25, 0.3) is 5.76 Å². The summed E-state index contributed by atoms with van der Waals surface area (Å²) in [6, 6.07) is 15.6. The monoisotopic (exact) mass is 368 g/mol. The van der Waals surface area contributed by atoms with E-state index in [9.17, 15) is 5.26 Å². The summed E-state index contributed by atoms with van der Waals surface area (Å²) in [7, 11) is 0. The summed E-state index contributed by atoms with van der Waals surface area (Å²) in [5.41, 5.74) is 10.6. The van der Waals surface area contributed by atoms with Gasteiger partial charge >= 0.3 is 0 Å². The van der Waals surface area contributed by atoms with Crippen molar-refractivity contribution in [1.29, 1.82) is 5.26 Å². The van der Waals surface area contributed by atoms with Crippen molar-refractivity contribution in [3.05, 3.63) is 86.2 Å². The third kappa shape index (κ3) is 2.59. The Morgan fingerprint density at radius 3 is 2.68 bits per heavy atom. The Morgan fingerprint density at radius 1 is 1.12 bits per heavy atom. The van der Waals surface area contributed by atoms with Gasteiger partial charge < -0.3 is 10.5 Å². The van der Waals surface area contributed by atoms with Crippen molar-refractivity contribution in [1.82, 2.24) is 0 Å². The van der Waals surface area contributed by atoms with Gasteiger partial charge in [0.2, 0.25) is 5.88 Å². The number of fused-ring (bicyclic) bond motifs is 2. The molecule has 0 fully saturated rings. The molecule has 2 N–H and O–H groups in total. The van der Waals surface area contributed by atoms with Crippen molar-refractivity contribution in [3.63, 3.8) is 0 Å². The molecular weight excluding hydrogens is 355 g/mol. The van der Waals surface area contributed by atoms with Crippen LogP contribution in [0.15, 0.2) is 59.5 Å². The predicted molar refractivity (Wildman–Crippen MR) is 98.8 cm³/mol. The molecule has 25 heavy (non-hydrogen) atoms. The van der Waals surface area contributed by atoms with Gasteiger partial charge in [0.25, 0.3) is 0 Å². The Labute approximate surface area is 155 Å². The molecule has 0 spiro atoms. The smallest absolute Gasteiger partial charge is 0.205 e. The maximum Gasteiger partial charge on any atom is 0.205 e. The Balaban J connectivity index is 1.95. The summed E-state index contributed by atoms with van der Waals surface area (Å²) in [6.45, 7) is 0. The van der Waals surface area contributed by atoms with Crippen LogP contribution < -0.4 is 5.73 Å². The van der Waals surface area contributed by atoms with E-state index in [1.54, 1.807) is 12.1 Å². The van der Waals surface area contributed by atoms with Crippen LogP contribution in [0.1, 0.15) is 29.0 Å². The van der Waals surface area contributed by atoms with Gasteiger partial charge in [0.05, 0.1) is 5.92 Å². The summed E-state index contributed by atoms with van der Waals surface area (Å²) in [5, 5.41) is 10.7. The van der Waals surface area contributed by atoms with Crippen molar-refractivity contribution in [2.75, 3.05) is 0 Å². The lowest BCUT2D eigenvalue weighted by atomic mass is 9.76. The number of rotatable bonds is 1. The van der Waals surface area contributed by atoms with E-state index < -0.39 is 0 Å². The molecule has 1 aliphatic carbocycles. The van der Waals surface area contributed by atoms with Gasteiger partial charge in [-0.25, -0.2) is 0 Å². The first-order chi connectivity index (χ1) is 12.1. The quantitative estimate of drug-likeness (QED) is 0.756. The molecule has 0 saturated heterocycles. The van der Waals surface area contributed by atoms with E-state index in [2.05, 4.69) is 12.1 Å². The van der Waals surface area contributed by atoms with Crippen LogP contribution in [0.2, 0.25) is 10.0 Å². The first-order valence-electron chi connectivity index (χ1n) is 7.94. The van der Waals surface area contributed by atoms with Crippen molar-refractivity contribution < 1.29 is 4.74 Å². The molecule has 5 heteroatoms. The van der Waals surface area contributed by atoms with Crippen LogP contribution in [-0.4, -0.2) is 0 Å². The van der Waals surface area contributed by atoms with Crippen molar-refractivity contribution >= 4 is 29.0 Å². The highest BCUT2D eigenvalue weighted by Crippen LogP contribution is 2.48. The molecule has 3 nitrogen and oxygen atoms in total. The zero-order chi connectivity index (χ0) is 17.6. The van der Waals surface area contributed by atoms with E-state index in [1.165, 1.54) is 5.56 Å². The predicted octanol–water partition coefficient (Wildman–Crippen LogP) is 5.16. The maximum absolute atomic E-state index is 9.66. The van der Waals surface area contributed by atoms with Crippen molar-refractivity contribution in [2.24, 2.45) is 5.73 Å². The summed E-state index contributed by atoms with van der Waals surface area (Å²) in [5.74, 6) is 0.565. The van der Waals surface area contributed by atoms with Crippen LogP contribution in [0.3, 0.4) is 0 Å². The van der Waals surface area contributed by atoms with Crippen LogP contribution in [0.4, 0.5) is 0 Å². The molecule has 1 atom stereocenters. The van der Waals surface area contributed by atoms with Crippen molar-refractivity contribution in [3.8, 4) is 6.07 Å². The van der Waals surface area contributed by atoms with Gasteiger partial charge in [-0.3, -0.25) is 0 Å². The molecule has 0 unspecified atom stereocenters. The number of hydrogen-bond donors (Lipinski definition) is 1. The average Bonchev–Trinajstić information content (AvgIpc) is 2.61. The fourth-order valence-electron chi connectivity index (χ4n) is 3.59. The van der Waals surface area contributed by atoms with E-state index in [0.29, 0.717) is 15.6 Å². The molecule has 0 bridgehead atoms. The van der Waals surface area contributed by atoms with Crippen LogP contribution in [0.5, 0.6) is 0 Å². The van der Waals surface area contributed by atoms with E-state index in [0.717, 1.165) is 35.3 Å². The molecule has 0 radical (unpaired) electrons. The normalized spacial score (nSPS) is 19.0. The largest absolute Gasteiger partial charge is 0.440 e. The fourth-order valence-corrected chi connectivity index (χ4v) is 4.11. The van der Waals surface area contributed by atoms with E-state index in [4.69, 9.17) is 33.7 Å². The highest BCUT2D eigenvalue weighted by Gasteiger charge is 2.36. The number of hydrogen-bond acceptors (Lipinski definition) is 3. The molecule has 2 aromatic rings. The summed E-state index contributed by atoms with van der Waals surface area (Å²) < 4.78 is 5.88. The molecule has 1 heterocycles. The lowest BCUT2D eigenvalue weighted by Gasteiger charge is -2.33. The average molecular weight is 369 g/mol. The van der Waals surface area contributed by atoms with Gasteiger partial charge in [-0.1, -0.05) is 53.5 Å². The number of halogens is 2. The molecule has 0 saturated carbocycles. The van der Waals surface area contributed by atoms with E-state index >= 15 is 0 Å². The first-order valence-corrected chi connectivity index (χ1v) is 8.69. The Morgan fingerprint density at radius 2 is 1.92 bits per heavy atom. The molecule has 2 aromatic carbocycles. The van der Waals surface area contributed by atoms with Gasteiger partial charge in [-0.2, -0.15) is 5.26 Å². The number of nitrogens with two attached hydrogens (primary N) is 1. The van der Waals surface area contributed by atoms with Crippen molar-refractivity contribution in [2.45, 2.75) is 18.8 Å². The third-order valence-electron chi connectivity index (χ3n) is 4.73. The molecular formula is C20H14Cl2N2O. The molecule has 1 aliphatic heterocycles. The number of allylic oxidation sites excluding steroid dienone is 2. The number of benzene rings is 2. The molecule has 0 aromatic heterocycles. The second-order valence-corrected chi connectivity index (χ2v) is 6.95. The minimum atomic E-state index is -0.313. The SMILES string of the molecule is N#CC1=C(N)OC2=C(CCc3ccccc32)[C@@H]1c1ccc(Cl)cc1Cl. The highest BCUT2D eigenvalue weighted by atomic mass is 35.5. The number of nitriles is 1. The first kappa shape index (κ1) is 16.1. The van der Waals surface area contributed by atoms with E-state index in [-0.39, 0.29) is 11.8 Å². The summed E-state index contributed by atoms with van der Waals surface area (Å²) in [4.78, 5) is 0. The zero-order valence-electron chi connectivity index (χ0n) is 13.2. The Bertz CT molecular complexity index is 985. The summed E-state index contributed by atoms with van der Waals surface area (Å²) >= 11 is 12.5. The van der Waals surface area contributed by atoms with Gasteiger partial charge in [0.1, 0.15) is 17.4 Å². The minimum absolute atomic E-state index is 0.133. The molecule has 2 aliphatic rings. The number of aryl methyl sites for hydroxylation is 1. The fraction of sp³-hybridized carbons (Fsp3) is 0.150. The van der Waals surface area contributed by atoms with Crippen LogP contribution >= 0.6 is 23.2 Å². The zero-order valence-corrected chi connectivity index (χ0v) is 14.7. The summed E-state index contributed by atoms with van der Waals surface area (Å²) in [6.07, 6.45) is 1.67. The van der Waals surface area contributed by atoms with Gasteiger partial charge in [0.15, 0.2) is 0 Å². The molecule has 0 amide bonds. The van der Waals surface area contributed by atoms with Gasteiger partial charge in [0, 0.05) is 15.6 Å². The van der Waals surface area contributed by atoms with Gasteiger partial charge in [-0.15, -0.1) is 0 Å². The van der Waals surface area contributed by atoms with Crippen LogP contribution in [0, 0.1) is 11.3 Å². The topological polar surface area (TPSA) is 59.0 Å². The lowest BCUT2D eigenvalue weighted by molar-refractivity contribution is 0.350. The van der Waals surface area contributed by atoms with Gasteiger partial charge in [-0.05, 0) is 41.7 Å². The molecule has 124 valence electrons. The highest BCUT2D eigenvalue weighted by molar-refractivity contribution is 6.35. The molecule has 4 rings (SSSR count). The third-order valence-corrected chi connectivity index (χ3v) is 5.29. The minimum Gasteiger partial charge on any atom is -0.440 e. The second kappa shape index (κ2) is 6.15. The Hall–Kier alpha value is -2.41. The Kier molecular flexibility index (Phi) is 3.95. The van der Waals surface area contributed by atoms with E-state index in [1.807, 2.05) is 24.3 Å².